The molecule has 2 aromatic rings. The predicted octanol–water partition coefficient (Wildman–Crippen LogP) is 2.70. The van der Waals surface area contributed by atoms with Crippen LogP contribution in [0.1, 0.15) is 23.2 Å². The molecule has 0 unspecified atom stereocenters. The Morgan fingerprint density at radius 1 is 0.962 bits per heavy atom. The Labute approximate surface area is 151 Å². The lowest BCUT2D eigenvalue weighted by Gasteiger charge is -2.25. The molecule has 0 aliphatic carbocycles. The lowest BCUT2D eigenvalue weighted by atomic mass is 10.1. The Hall–Kier alpha value is -3.02. The van der Waals surface area contributed by atoms with Crippen LogP contribution in [-0.4, -0.2) is 42.5 Å². The van der Waals surface area contributed by atoms with Gasteiger partial charge in [0.2, 0.25) is 6.10 Å². The number of fused-ring (bicyclic) bond motifs is 1. The Morgan fingerprint density at radius 3 is 2.38 bits per heavy atom. The van der Waals surface area contributed by atoms with E-state index in [-0.39, 0.29) is 18.4 Å². The van der Waals surface area contributed by atoms with Crippen LogP contribution in [0.2, 0.25) is 0 Å². The van der Waals surface area contributed by atoms with Crippen molar-refractivity contribution in [3.63, 3.8) is 0 Å². The molecule has 1 saturated heterocycles. The summed E-state index contributed by atoms with van der Waals surface area (Å²) in [4.78, 5) is 26.6. The minimum Gasteiger partial charge on any atom is -0.485 e. The molecule has 2 heterocycles. The van der Waals surface area contributed by atoms with Crippen LogP contribution in [0.3, 0.4) is 0 Å². The molecule has 2 aromatic carbocycles. The number of amides is 2. The Balaban J connectivity index is 1.38. The van der Waals surface area contributed by atoms with E-state index in [1.807, 2.05) is 17.0 Å². The monoisotopic (exact) mass is 352 g/mol. The summed E-state index contributed by atoms with van der Waals surface area (Å²) in [6.07, 6.45) is 1.41. The normalized spacial score (nSPS) is 18.5. The number of nitrogens with one attached hydrogen (secondary N) is 1. The summed E-state index contributed by atoms with van der Waals surface area (Å²) in [6.45, 7) is 1.80. The van der Waals surface area contributed by atoms with Gasteiger partial charge in [0.25, 0.3) is 11.8 Å². The SMILES string of the molecule is O=C(Nc1ccc(C(=O)N2CCCC2)cc1)[C@H]1COc2ccccc2O1. The van der Waals surface area contributed by atoms with Gasteiger partial charge in [-0.25, -0.2) is 0 Å². The Bertz CT molecular complexity index is 813. The van der Waals surface area contributed by atoms with Crippen molar-refractivity contribution >= 4 is 17.5 Å². The smallest absolute Gasteiger partial charge is 0.269 e. The van der Waals surface area contributed by atoms with E-state index in [1.54, 1.807) is 36.4 Å². The summed E-state index contributed by atoms with van der Waals surface area (Å²) in [5.74, 6) is 0.964. The van der Waals surface area contributed by atoms with Crippen molar-refractivity contribution in [1.29, 1.82) is 0 Å². The molecular formula is C20H20N2O4. The first-order chi connectivity index (χ1) is 12.7. The fourth-order valence-corrected chi connectivity index (χ4v) is 3.17. The third-order valence-corrected chi connectivity index (χ3v) is 4.59. The first kappa shape index (κ1) is 16.4. The van der Waals surface area contributed by atoms with Crippen molar-refractivity contribution in [2.24, 2.45) is 0 Å². The van der Waals surface area contributed by atoms with Gasteiger partial charge in [-0.1, -0.05) is 12.1 Å². The number of ether oxygens (including phenoxy) is 2. The van der Waals surface area contributed by atoms with E-state index in [4.69, 9.17) is 9.47 Å². The molecule has 1 atom stereocenters. The molecule has 134 valence electrons. The average molecular weight is 352 g/mol. The zero-order chi connectivity index (χ0) is 17.9. The number of para-hydroxylation sites is 2. The van der Waals surface area contributed by atoms with Gasteiger partial charge in [0.1, 0.15) is 6.61 Å². The predicted molar refractivity (Wildman–Crippen MR) is 96.6 cm³/mol. The fourth-order valence-electron chi connectivity index (χ4n) is 3.17. The molecule has 0 radical (unpaired) electrons. The van der Waals surface area contributed by atoms with Crippen LogP contribution in [0.5, 0.6) is 11.5 Å². The van der Waals surface area contributed by atoms with Gasteiger partial charge in [-0.3, -0.25) is 9.59 Å². The Morgan fingerprint density at radius 2 is 1.65 bits per heavy atom. The number of likely N-dealkylation sites (tertiary alicyclic amines) is 1. The Kier molecular flexibility index (Phi) is 4.48. The quantitative estimate of drug-likeness (QED) is 0.922. The second kappa shape index (κ2) is 7.07. The van der Waals surface area contributed by atoms with Gasteiger partial charge in [-0.05, 0) is 49.2 Å². The van der Waals surface area contributed by atoms with Crippen molar-refractivity contribution in [1.82, 2.24) is 4.90 Å². The second-order valence-corrected chi connectivity index (χ2v) is 6.43. The van der Waals surface area contributed by atoms with Gasteiger partial charge in [0.05, 0.1) is 0 Å². The highest BCUT2D eigenvalue weighted by molar-refractivity contribution is 5.97. The highest BCUT2D eigenvalue weighted by Crippen LogP contribution is 2.31. The largest absolute Gasteiger partial charge is 0.485 e. The third-order valence-electron chi connectivity index (χ3n) is 4.59. The number of carbonyl (C=O) groups is 2. The summed E-state index contributed by atoms with van der Waals surface area (Å²) < 4.78 is 11.3. The molecule has 0 spiro atoms. The van der Waals surface area contributed by atoms with Crippen molar-refractivity contribution in [2.45, 2.75) is 18.9 Å². The van der Waals surface area contributed by atoms with Gasteiger partial charge in [-0.2, -0.15) is 0 Å². The van der Waals surface area contributed by atoms with E-state index in [9.17, 15) is 9.59 Å². The van der Waals surface area contributed by atoms with Crippen LogP contribution in [0.4, 0.5) is 5.69 Å². The molecule has 4 rings (SSSR count). The van der Waals surface area contributed by atoms with Crippen LogP contribution < -0.4 is 14.8 Å². The van der Waals surface area contributed by atoms with Gasteiger partial charge < -0.3 is 19.7 Å². The van der Waals surface area contributed by atoms with Gasteiger partial charge in [-0.15, -0.1) is 0 Å². The summed E-state index contributed by atoms with van der Waals surface area (Å²) in [5, 5.41) is 2.81. The van der Waals surface area contributed by atoms with E-state index < -0.39 is 6.10 Å². The minimum absolute atomic E-state index is 0.0426. The first-order valence-electron chi connectivity index (χ1n) is 8.79. The fraction of sp³-hybridized carbons (Fsp3) is 0.300. The third kappa shape index (κ3) is 3.35. The summed E-state index contributed by atoms with van der Waals surface area (Å²) in [5.41, 5.74) is 1.26. The molecule has 2 amide bonds. The number of nitrogens with zero attached hydrogens (tertiary/aromatic N) is 1. The van der Waals surface area contributed by atoms with E-state index in [0.717, 1.165) is 25.9 Å². The van der Waals surface area contributed by atoms with Crippen LogP contribution in [0.25, 0.3) is 0 Å². The molecule has 2 aliphatic rings. The minimum atomic E-state index is -0.712. The number of rotatable bonds is 3. The first-order valence-corrected chi connectivity index (χ1v) is 8.79. The summed E-state index contributed by atoms with van der Waals surface area (Å²) in [7, 11) is 0. The number of anilines is 1. The molecule has 0 aromatic heterocycles. The number of carbonyl (C=O) groups excluding carboxylic acids is 2. The molecule has 1 N–H and O–H groups in total. The number of hydrogen-bond donors (Lipinski definition) is 1. The summed E-state index contributed by atoms with van der Waals surface area (Å²) >= 11 is 0. The maximum Gasteiger partial charge on any atom is 0.269 e. The highest BCUT2D eigenvalue weighted by atomic mass is 16.6. The number of benzene rings is 2. The van der Waals surface area contributed by atoms with Crippen molar-refractivity contribution in [3.05, 3.63) is 54.1 Å². The zero-order valence-corrected chi connectivity index (χ0v) is 14.3. The van der Waals surface area contributed by atoms with Crippen LogP contribution >= 0.6 is 0 Å². The molecule has 0 bridgehead atoms. The van der Waals surface area contributed by atoms with E-state index in [1.165, 1.54) is 0 Å². The molecule has 1 fully saturated rings. The van der Waals surface area contributed by atoms with Gasteiger partial charge in [0.15, 0.2) is 11.5 Å². The van der Waals surface area contributed by atoms with E-state index >= 15 is 0 Å². The van der Waals surface area contributed by atoms with Crippen molar-refractivity contribution in [2.75, 3.05) is 25.0 Å². The van der Waals surface area contributed by atoms with Crippen molar-refractivity contribution in [3.8, 4) is 11.5 Å². The van der Waals surface area contributed by atoms with Crippen LogP contribution in [-0.2, 0) is 4.79 Å². The highest BCUT2D eigenvalue weighted by Gasteiger charge is 2.27. The second-order valence-electron chi connectivity index (χ2n) is 6.43. The van der Waals surface area contributed by atoms with Crippen molar-refractivity contribution < 1.29 is 19.1 Å². The molecular weight excluding hydrogens is 332 g/mol. The van der Waals surface area contributed by atoms with Crippen LogP contribution in [0, 0.1) is 0 Å². The van der Waals surface area contributed by atoms with E-state index in [0.29, 0.717) is 22.7 Å². The molecule has 0 saturated carbocycles. The zero-order valence-electron chi connectivity index (χ0n) is 14.3. The maximum absolute atomic E-state index is 12.4. The molecule has 2 aliphatic heterocycles. The lowest BCUT2D eigenvalue weighted by molar-refractivity contribution is -0.125. The van der Waals surface area contributed by atoms with Crippen LogP contribution in [0.15, 0.2) is 48.5 Å². The van der Waals surface area contributed by atoms with Gasteiger partial charge in [0, 0.05) is 24.3 Å². The topological polar surface area (TPSA) is 67.9 Å². The lowest BCUT2D eigenvalue weighted by Crippen LogP contribution is -2.40. The maximum atomic E-state index is 12.4. The standard InChI is InChI=1S/C20H20N2O4/c23-19(18-13-25-16-5-1-2-6-17(16)26-18)21-15-9-7-14(8-10-15)20(24)22-11-3-4-12-22/h1-2,5-10,18H,3-4,11-13H2,(H,21,23)/t18-/m1/s1. The average Bonchev–Trinajstić information content (AvgIpc) is 3.22. The van der Waals surface area contributed by atoms with E-state index in [2.05, 4.69) is 5.32 Å². The number of hydrogen-bond acceptors (Lipinski definition) is 4. The molecule has 6 nitrogen and oxygen atoms in total. The molecule has 6 heteroatoms. The molecule has 26 heavy (non-hydrogen) atoms. The van der Waals surface area contributed by atoms with Gasteiger partial charge >= 0.3 is 0 Å². The summed E-state index contributed by atoms with van der Waals surface area (Å²) in [6, 6.07) is 14.2.